The molecule has 0 spiro atoms. The molecular formula is C4H6N4O2. The second kappa shape index (κ2) is 2.44. The Bertz CT molecular complexity index is 243. The number of aryl methyl sites for hydroxylation is 1. The van der Waals surface area contributed by atoms with E-state index in [2.05, 4.69) is 10.2 Å². The number of amides is 1. The third kappa shape index (κ3) is 1.11. The van der Waals surface area contributed by atoms with Gasteiger partial charge in [0.1, 0.15) is 0 Å². The molecule has 1 aromatic heterocycles. The fourth-order valence-corrected chi connectivity index (χ4v) is 0.450. The lowest BCUT2D eigenvalue weighted by Gasteiger charge is -1.87. The van der Waals surface area contributed by atoms with E-state index < -0.39 is 5.91 Å². The van der Waals surface area contributed by atoms with Crippen LogP contribution in [0.1, 0.15) is 16.6 Å². The van der Waals surface area contributed by atoms with Crippen molar-refractivity contribution in [3.63, 3.8) is 0 Å². The lowest BCUT2D eigenvalue weighted by Crippen LogP contribution is -2.30. The molecule has 0 aliphatic rings. The van der Waals surface area contributed by atoms with E-state index in [1.54, 1.807) is 6.92 Å². The zero-order valence-corrected chi connectivity index (χ0v) is 5.29. The lowest BCUT2D eigenvalue weighted by atomic mass is 10.6. The van der Waals surface area contributed by atoms with E-state index in [9.17, 15) is 4.79 Å². The van der Waals surface area contributed by atoms with Crippen LogP contribution in [0, 0.1) is 6.92 Å². The van der Waals surface area contributed by atoms with Crippen LogP contribution in [0.5, 0.6) is 0 Å². The first-order chi connectivity index (χ1) is 4.74. The maximum absolute atomic E-state index is 10.6. The summed E-state index contributed by atoms with van der Waals surface area (Å²) in [5.41, 5.74) is 1.86. The summed E-state index contributed by atoms with van der Waals surface area (Å²) < 4.78 is 4.72. The summed E-state index contributed by atoms with van der Waals surface area (Å²) in [5, 5.41) is 6.83. The van der Waals surface area contributed by atoms with E-state index >= 15 is 0 Å². The highest BCUT2D eigenvalue weighted by molar-refractivity contribution is 5.88. The monoisotopic (exact) mass is 142 g/mol. The van der Waals surface area contributed by atoms with E-state index in [1.165, 1.54) is 0 Å². The summed E-state index contributed by atoms with van der Waals surface area (Å²) in [7, 11) is 0. The minimum absolute atomic E-state index is 0.125. The topological polar surface area (TPSA) is 94.0 Å². The average molecular weight is 142 g/mol. The molecule has 0 unspecified atom stereocenters. The van der Waals surface area contributed by atoms with E-state index in [-0.39, 0.29) is 5.89 Å². The number of hydrogen-bond donors (Lipinski definition) is 2. The number of aromatic nitrogens is 2. The van der Waals surface area contributed by atoms with Gasteiger partial charge in [-0.1, -0.05) is 0 Å². The standard InChI is InChI=1S/C4H6N4O2/c1-2-7-8-4(10-2)3(9)6-5/h5H2,1H3,(H,6,9). The van der Waals surface area contributed by atoms with Crippen molar-refractivity contribution in [2.75, 3.05) is 0 Å². The molecule has 6 nitrogen and oxygen atoms in total. The molecule has 0 fully saturated rings. The summed E-state index contributed by atoms with van der Waals surface area (Å²) in [5.74, 6) is 4.41. The van der Waals surface area contributed by atoms with Gasteiger partial charge in [0.2, 0.25) is 5.89 Å². The van der Waals surface area contributed by atoms with Crippen LogP contribution in [0.15, 0.2) is 4.42 Å². The molecule has 1 heterocycles. The number of nitrogens with two attached hydrogens (primary N) is 1. The Hall–Kier alpha value is -1.43. The molecule has 0 atom stereocenters. The molecule has 1 aromatic rings. The summed E-state index contributed by atoms with van der Waals surface area (Å²) in [6, 6.07) is 0. The summed E-state index contributed by atoms with van der Waals surface area (Å²) in [6.45, 7) is 1.58. The second-order valence-electron chi connectivity index (χ2n) is 1.60. The van der Waals surface area contributed by atoms with Crippen LogP contribution in [-0.4, -0.2) is 16.1 Å². The van der Waals surface area contributed by atoms with E-state index in [0.29, 0.717) is 5.89 Å². The molecule has 0 saturated heterocycles. The van der Waals surface area contributed by atoms with Crippen LogP contribution < -0.4 is 11.3 Å². The predicted molar refractivity (Wildman–Crippen MR) is 30.7 cm³/mol. The Morgan fingerprint density at radius 2 is 2.40 bits per heavy atom. The second-order valence-corrected chi connectivity index (χ2v) is 1.60. The van der Waals surface area contributed by atoms with Gasteiger partial charge in [0.25, 0.3) is 0 Å². The minimum atomic E-state index is -0.583. The molecule has 0 saturated carbocycles. The molecule has 0 aliphatic heterocycles. The van der Waals surface area contributed by atoms with Crippen LogP contribution in [0.2, 0.25) is 0 Å². The highest BCUT2D eigenvalue weighted by atomic mass is 16.4. The maximum Gasteiger partial charge on any atom is 0.322 e. The molecule has 1 rings (SSSR count). The maximum atomic E-state index is 10.6. The van der Waals surface area contributed by atoms with Crippen LogP contribution in [0.4, 0.5) is 0 Å². The largest absolute Gasteiger partial charge is 0.417 e. The Labute approximate surface area is 56.4 Å². The lowest BCUT2D eigenvalue weighted by molar-refractivity contribution is 0.0917. The van der Waals surface area contributed by atoms with E-state index in [1.807, 2.05) is 5.43 Å². The van der Waals surface area contributed by atoms with Crippen molar-refractivity contribution in [3.05, 3.63) is 11.8 Å². The minimum Gasteiger partial charge on any atom is -0.417 e. The summed E-state index contributed by atoms with van der Waals surface area (Å²) >= 11 is 0. The number of nitrogen functional groups attached to an aromatic ring is 1. The van der Waals surface area contributed by atoms with Crippen LogP contribution in [0.25, 0.3) is 0 Å². The molecule has 1 amide bonds. The molecular weight excluding hydrogens is 136 g/mol. The fourth-order valence-electron chi connectivity index (χ4n) is 0.450. The Kier molecular flexibility index (Phi) is 1.63. The number of hydrazine groups is 1. The number of carbonyl (C=O) groups is 1. The molecule has 0 radical (unpaired) electrons. The van der Waals surface area contributed by atoms with E-state index in [4.69, 9.17) is 10.3 Å². The Morgan fingerprint density at radius 3 is 2.80 bits per heavy atom. The van der Waals surface area contributed by atoms with Crippen molar-refractivity contribution in [2.45, 2.75) is 6.92 Å². The van der Waals surface area contributed by atoms with Crippen molar-refractivity contribution < 1.29 is 9.21 Å². The summed E-state index contributed by atoms with van der Waals surface area (Å²) in [6.07, 6.45) is 0. The van der Waals surface area contributed by atoms with Gasteiger partial charge in [-0.15, -0.1) is 10.2 Å². The Morgan fingerprint density at radius 1 is 1.70 bits per heavy atom. The zero-order valence-electron chi connectivity index (χ0n) is 5.29. The van der Waals surface area contributed by atoms with Crippen molar-refractivity contribution in [3.8, 4) is 0 Å². The Balaban J connectivity index is 2.85. The first kappa shape index (κ1) is 6.69. The molecule has 54 valence electrons. The first-order valence-electron chi connectivity index (χ1n) is 2.55. The van der Waals surface area contributed by atoms with Crippen molar-refractivity contribution >= 4 is 5.91 Å². The SMILES string of the molecule is Cc1nnc(C(=O)NN)o1. The van der Waals surface area contributed by atoms with E-state index in [0.717, 1.165) is 0 Å². The van der Waals surface area contributed by atoms with Gasteiger partial charge in [0, 0.05) is 6.92 Å². The van der Waals surface area contributed by atoms with Crippen LogP contribution in [-0.2, 0) is 0 Å². The third-order valence-electron chi connectivity index (χ3n) is 0.851. The summed E-state index contributed by atoms with van der Waals surface area (Å²) in [4.78, 5) is 10.6. The smallest absolute Gasteiger partial charge is 0.322 e. The number of rotatable bonds is 1. The molecule has 6 heteroatoms. The molecule has 3 N–H and O–H groups in total. The van der Waals surface area contributed by atoms with Gasteiger partial charge in [0.15, 0.2) is 0 Å². The normalized spacial score (nSPS) is 9.40. The van der Waals surface area contributed by atoms with Gasteiger partial charge in [-0.2, -0.15) is 0 Å². The fraction of sp³-hybridized carbons (Fsp3) is 0.250. The molecule has 0 bridgehead atoms. The number of nitrogens with one attached hydrogen (secondary N) is 1. The van der Waals surface area contributed by atoms with Crippen molar-refractivity contribution in [1.82, 2.24) is 15.6 Å². The van der Waals surface area contributed by atoms with Gasteiger partial charge in [0.05, 0.1) is 0 Å². The number of hydrogen-bond acceptors (Lipinski definition) is 5. The van der Waals surface area contributed by atoms with Crippen molar-refractivity contribution in [2.24, 2.45) is 5.84 Å². The molecule has 0 aromatic carbocycles. The molecule has 10 heavy (non-hydrogen) atoms. The highest BCUT2D eigenvalue weighted by Gasteiger charge is 2.09. The molecule has 0 aliphatic carbocycles. The van der Waals surface area contributed by atoms with Gasteiger partial charge in [-0.05, 0) is 0 Å². The van der Waals surface area contributed by atoms with Gasteiger partial charge in [-0.25, -0.2) is 5.84 Å². The number of carbonyl (C=O) groups excluding carboxylic acids is 1. The first-order valence-corrected chi connectivity index (χ1v) is 2.55. The average Bonchev–Trinajstić information content (AvgIpc) is 2.34. The predicted octanol–water partition coefficient (Wildman–Crippen LogP) is -1.02. The van der Waals surface area contributed by atoms with Crippen LogP contribution in [0.3, 0.4) is 0 Å². The zero-order chi connectivity index (χ0) is 7.56. The quantitative estimate of drug-likeness (QED) is 0.297. The van der Waals surface area contributed by atoms with Crippen LogP contribution >= 0.6 is 0 Å². The highest BCUT2D eigenvalue weighted by Crippen LogP contribution is 1.95. The van der Waals surface area contributed by atoms with Gasteiger partial charge in [-0.3, -0.25) is 10.2 Å². The third-order valence-corrected chi connectivity index (χ3v) is 0.851. The van der Waals surface area contributed by atoms with Gasteiger partial charge >= 0.3 is 11.8 Å². The van der Waals surface area contributed by atoms with Gasteiger partial charge < -0.3 is 4.42 Å². The number of nitrogens with zero attached hydrogens (tertiary/aromatic N) is 2. The van der Waals surface area contributed by atoms with Crippen molar-refractivity contribution in [1.29, 1.82) is 0 Å².